The Kier molecular flexibility index (Phi) is 4.13. The average Bonchev–Trinajstić information content (AvgIpc) is 2.32. The highest BCUT2D eigenvalue weighted by Crippen LogP contribution is 2.15. The fourth-order valence-electron chi connectivity index (χ4n) is 2.50. The van der Waals surface area contributed by atoms with Crippen LogP contribution in [-0.2, 0) is 6.54 Å². The Morgan fingerprint density at radius 1 is 1.53 bits per heavy atom. The first kappa shape index (κ1) is 12.5. The van der Waals surface area contributed by atoms with Gasteiger partial charge >= 0.3 is 0 Å². The molecule has 0 aliphatic carbocycles. The van der Waals surface area contributed by atoms with Gasteiger partial charge in [0.2, 0.25) is 0 Å². The van der Waals surface area contributed by atoms with Gasteiger partial charge in [-0.25, -0.2) is 0 Å². The van der Waals surface area contributed by atoms with E-state index < -0.39 is 0 Å². The molecule has 0 saturated carbocycles. The minimum Gasteiger partial charge on any atom is -0.311 e. The van der Waals surface area contributed by atoms with Gasteiger partial charge in [0.15, 0.2) is 0 Å². The van der Waals surface area contributed by atoms with Crippen LogP contribution in [-0.4, -0.2) is 35.1 Å². The monoisotopic (exact) mass is 233 g/mol. The molecule has 1 aromatic rings. The SMILES string of the molecule is CCC1CNC(C)CN1Cc1ncccc1C. The molecule has 2 unspecified atom stereocenters. The molecular weight excluding hydrogens is 210 g/mol. The summed E-state index contributed by atoms with van der Waals surface area (Å²) in [5.41, 5.74) is 2.52. The van der Waals surface area contributed by atoms with Crippen LogP contribution in [0.2, 0.25) is 0 Å². The molecule has 3 nitrogen and oxygen atoms in total. The van der Waals surface area contributed by atoms with E-state index in [9.17, 15) is 0 Å². The van der Waals surface area contributed by atoms with E-state index in [0.717, 1.165) is 19.6 Å². The minimum atomic E-state index is 0.585. The molecule has 0 aromatic carbocycles. The minimum absolute atomic E-state index is 0.585. The lowest BCUT2D eigenvalue weighted by molar-refractivity contribution is 0.122. The summed E-state index contributed by atoms with van der Waals surface area (Å²) in [5.74, 6) is 0. The lowest BCUT2D eigenvalue weighted by Gasteiger charge is -2.39. The van der Waals surface area contributed by atoms with Crippen molar-refractivity contribution in [2.45, 2.75) is 45.8 Å². The quantitative estimate of drug-likeness (QED) is 0.865. The Morgan fingerprint density at radius 2 is 2.35 bits per heavy atom. The van der Waals surface area contributed by atoms with Crippen LogP contribution in [0.5, 0.6) is 0 Å². The first-order valence-electron chi connectivity index (χ1n) is 6.58. The normalized spacial score (nSPS) is 26.1. The van der Waals surface area contributed by atoms with Crippen LogP contribution in [0.4, 0.5) is 0 Å². The van der Waals surface area contributed by atoms with Crippen LogP contribution in [0, 0.1) is 6.92 Å². The molecule has 0 bridgehead atoms. The van der Waals surface area contributed by atoms with Gasteiger partial charge in [-0.2, -0.15) is 0 Å². The molecule has 1 aliphatic heterocycles. The summed E-state index contributed by atoms with van der Waals surface area (Å²) in [6, 6.07) is 5.39. The van der Waals surface area contributed by atoms with Gasteiger partial charge in [-0.1, -0.05) is 13.0 Å². The van der Waals surface area contributed by atoms with Crippen molar-refractivity contribution in [3.05, 3.63) is 29.6 Å². The van der Waals surface area contributed by atoms with Crippen LogP contribution in [0.3, 0.4) is 0 Å². The number of pyridine rings is 1. The first-order valence-corrected chi connectivity index (χ1v) is 6.58. The molecule has 0 amide bonds. The molecule has 94 valence electrons. The van der Waals surface area contributed by atoms with Gasteiger partial charge in [0, 0.05) is 37.9 Å². The van der Waals surface area contributed by atoms with Gasteiger partial charge < -0.3 is 5.32 Å². The summed E-state index contributed by atoms with van der Waals surface area (Å²) >= 11 is 0. The molecule has 0 radical (unpaired) electrons. The predicted octanol–water partition coefficient (Wildman–Crippen LogP) is 1.96. The van der Waals surface area contributed by atoms with E-state index in [1.165, 1.54) is 17.7 Å². The van der Waals surface area contributed by atoms with Gasteiger partial charge in [0.25, 0.3) is 0 Å². The third kappa shape index (κ3) is 3.05. The maximum atomic E-state index is 4.50. The number of rotatable bonds is 3. The van der Waals surface area contributed by atoms with E-state index in [-0.39, 0.29) is 0 Å². The lowest BCUT2D eigenvalue weighted by atomic mass is 10.1. The van der Waals surface area contributed by atoms with Crippen molar-refractivity contribution in [2.75, 3.05) is 13.1 Å². The summed E-state index contributed by atoms with van der Waals surface area (Å²) in [6.07, 6.45) is 3.10. The molecule has 1 fully saturated rings. The highest BCUT2D eigenvalue weighted by Gasteiger charge is 2.24. The van der Waals surface area contributed by atoms with Crippen molar-refractivity contribution in [1.82, 2.24) is 15.2 Å². The third-order valence-corrected chi connectivity index (χ3v) is 3.67. The molecule has 0 spiro atoms. The molecular formula is C14H23N3. The molecule has 2 rings (SSSR count). The van der Waals surface area contributed by atoms with Gasteiger partial charge in [-0.05, 0) is 31.9 Å². The molecule has 1 N–H and O–H groups in total. The molecule has 17 heavy (non-hydrogen) atoms. The highest BCUT2D eigenvalue weighted by molar-refractivity contribution is 5.17. The summed E-state index contributed by atoms with van der Waals surface area (Å²) < 4.78 is 0. The second-order valence-electron chi connectivity index (χ2n) is 5.07. The topological polar surface area (TPSA) is 28.2 Å². The Balaban J connectivity index is 2.07. The molecule has 2 atom stereocenters. The fourth-order valence-corrected chi connectivity index (χ4v) is 2.50. The third-order valence-electron chi connectivity index (χ3n) is 3.67. The number of nitrogens with zero attached hydrogens (tertiary/aromatic N) is 2. The van der Waals surface area contributed by atoms with Crippen molar-refractivity contribution in [1.29, 1.82) is 0 Å². The molecule has 1 saturated heterocycles. The highest BCUT2D eigenvalue weighted by atomic mass is 15.2. The Hall–Kier alpha value is -0.930. The zero-order valence-electron chi connectivity index (χ0n) is 11.1. The fraction of sp³-hybridized carbons (Fsp3) is 0.643. The maximum absolute atomic E-state index is 4.50. The van der Waals surface area contributed by atoms with Crippen molar-refractivity contribution in [3.63, 3.8) is 0 Å². The van der Waals surface area contributed by atoms with Gasteiger partial charge in [0.1, 0.15) is 0 Å². The smallest absolute Gasteiger partial charge is 0.0573 e. The summed E-state index contributed by atoms with van der Waals surface area (Å²) in [6.45, 7) is 9.87. The van der Waals surface area contributed by atoms with Gasteiger partial charge in [-0.3, -0.25) is 9.88 Å². The van der Waals surface area contributed by atoms with Crippen LogP contribution in [0.15, 0.2) is 18.3 Å². The zero-order valence-corrected chi connectivity index (χ0v) is 11.1. The van der Waals surface area contributed by atoms with Crippen molar-refractivity contribution in [2.24, 2.45) is 0 Å². The Bertz CT molecular complexity index is 364. The van der Waals surface area contributed by atoms with E-state index >= 15 is 0 Å². The van der Waals surface area contributed by atoms with Crippen molar-refractivity contribution >= 4 is 0 Å². The van der Waals surface area contributed by atoms with E-state index in [1.807, 2.05) is 12.3 Å². The molecule has 1 aliphatic rings. The van der Waals surface area contributed by atoms with E-state index in [4.69, 9.17) is 0 Å². The van der Waals surface area contributed by atoms with Crippen molar-refractivity contribution < 1.29 is 0 Å². The van der Waals surface area contributed by atoms with Gasteiger partial charge in [-0.15, -0.1) is 0 Å². The van der Waals surface area contributed by atoms with Crippen LogP contribution in [0.1, 0.15) is 31.5 Å². The van der Waals surface area contributed by atoms with Crippen LogP contribution in [0.25, 0.3) is 0 Å². The van der Waals surface area contributed by atoms with E-state index in [2.05, 4.69) is 42.0 Å². The van der Waals surface area contributed by atoms with Crippen molar-refractivity contribution in [3.8, 4) is 0 Å². The summed E-state index contributed by atoms with van der Waals surface area (Å²) in [5, 5.41) is 3.55. The predicted molar refractivity (Wildman–Crippen MR) is 70.9 cm³/mol. The molecule has 3 heteroatoms. The number of nitrogens with one attached hydrogen (secondary N) is 1. The Morgan fingerprint density at radius 3 is 3.06 bits per heavy atom. The molecule has 2 heterocycles. The number of piperazine rings is 1. The second kappa shape index (κ2) is 5.61. The largest absolute Gasteiger partial charge is 0.311 e. The average molecular weight is 233 g/mol. The molecule has 1 aromatic heterocycles. The summed E-state index contributed by atoms with van der Waals surface area (Å²) in [4.78, 5) is 7.07. The zero-order chi connectivity index (χ0) is 12.3. The lowest BCUT2D eigenvalue weighted by Crippen LogP contribution is -2.54. The Labute approximate surface area is 104 Å². The number of aromatic nitrogens is 1. The number of hydrogen-bond donors (Lipinski definition) is 1. The standard InChI is InChI=1S/C14H23N3/c1-4-13-8-16-12(3)9-17(13)10-14-11(2)6-5-7-15-14/h5-7,12-13,16H,4,8-10H2,1-3H3. The van der Waals surface area contributed by atoms with Crippen LogP contribution < -0.4 is 5.32 Å². The summed E-state index contributed by atoms with van der Waals surface area (Å²) in [7, 11) is 0. The van der Waals surface area contributed by atoms with E-state index in [0.29, 0.717) is 12.1 Å². The maximum Gasteiger partial charge on any atom is 0.0573 e. The number of aryl methyl sites for hydroxylation is 1. The van der Waals surface area contributed by atoms with E-state index in [1.54, 1.807) is 0 Å². The first-order chi connectivity index (χ1) is 8.20. The van der Waals surface area contributed by atoms with Gasteiger partial charge in [0.05, 0.1) is 5.69 Å². The second-order valence-corrected chi connectivity index (χ2v) is 5.07. The van der Waals surface area contributed by atoms with Crippen LogP contribution >= 0.6 is 0 Å². The number of hydrogen-bond acceptors (Lipinski definition) is 3.